The summed E-state index contributed by atoms with van der Waals surface area (Å²) in [5.74, 6) is 0. The second-order valence-corrected chi connectivity index (χ2v) is 13.9. The number of para-hydroxylation sites is 1. The van der Waals surface area contributed by atoms with Crippen LogP contribution in [0.4, 0.5) is 0 Å². The molecule has 0 N–H and O–H groups in total. The molecule has 1 heterocycles. The van der Waals surface area contributed by atoms with Crippen molar-refractivity contribution in [1.82, 2.24) is 4.98 Å². The van der Waals surface area contributed by atoms with E-state index in [9.17, 15) is 0 Å². The summed E-state index contributed by atoms with van der Waals surface area (Å²) >= 11 is 6.58. The van der Waals surface area contributed by atoms with Crippen LogP contribution in [0.1, 0.15) is 0 Å². The zero-order valence-electron chi connectivity index (χ0n) is 20.7. The quantitative estimate of drug-likeness (QED) is 0.132. The molecule has 7 rings (SSSR count). The molecular formula is C35H24NPS. The van der Waals surface area contributed by atoms with Gasteiger partial charge >= 0.3 is 0 Å². The molecule has 7 aromatic rings. The maximum atomic E-state index is 6.58. The van der Waals surface area contributed by atoms with Crippen LogP contribution < -0.4 is 15.9 Å². The summed E-state index contributed by atoms with van der Waals surface area (Å²) in [6, 6.07) is 49.4. The van der Waals surface area contributed by atoms with E-state index in [4.69, 9.17) is 16.8 Å². The molecular weight excluding hydrogens is 497 g/mol. The van der Waals surface area contributed by atoms with Crippen LogP contribution in [0.2, 0.25) is 0 Å². The SMILES string of the molecule is S=P(c1ccccc1)(c1ccccc1)c1ccc(-c2c3ccccc3nc3ccc4ccccc4c23)cc1. The third-order valence-electron chi connectivity index (χ3n) is 7.33. The van der Waals surface area contributed by atoms with Crippen molar-refractivity contribution >= 4 is 66.3 Å². The molecule has 3 heteroatoms. The van der Waals surface area contributed by atoms with Gasteiger partial charge in [-0.1, -0.05) is 145 Å². The Kier molecular flexibility index (Phi) is 5.66. The smallest absolute Gasteiger partial charge is 0.0722 e. The zero-order chi connectivity index (χ0) is 25.5. The van der Waals surface area contributed by atoms with Gasteiger partial charge in [0.05, 0.1) is 11.0 Å². The van der Waals surface area contributed by atoms with E-state index < -0.39 is 6.04 Å². The minimum atomic E-state index is -2.20. The number of pyridine rings is 1. The van der Waals surface area contributed by atoms with Gasteiger partial charge in [0.2, 0.25) is 0 Å². The number of nitrogens with zero attached hydrogens (tertiary/aromatic N) is 1. The molecule has 0 bridgehead atoms. The summed E-state index contributed by atoms with van der Waals surface area (Å²) in [7, 11) is 0. The van der Waals surface area contributed by atoms with E-state index in [1.807, 2.05) is 0 Å². The van der Waals surface area contributed by atoms with Gasteiger partial charge in [0.15, 0.2) is 0 Å². The van der Waals surface area contributed by atoms with E-state index in [2.05, 4.69) is 146 Å². The minimum absolute atomic E-state index is 1.01. The van der Waals surface area contributed by atoms with Crippen LogP contribution in [0.15, 0.2) is 146 Å². The largest absolute Gasteiger partial charge is 0.248 e. The van der Waals surface area contributed by atoms with Gasteiger partial charge in [0.1, 0.15) is 0 Å². The number of hydrogen-bond donors (Lipinski definition) is 0. The van der Waals surface area contributed by atoms with E-state index >= 15 is 0 Å². The predicted molar refractivity (Wildman–Crippen MR) is 168 cm³/mol. The molecule has 0 saturated heterocycles. The van der Waals surface area contributed by atoms with Crippen molar-refractivity contribution in [2.24, 2.45) is 0 Å². The summed E-state index contributed by atoms with van der Waals surface area (Å²) in [5.41, 5.74) is 4.42. The van der Waals surface area contributed by atoms with Crippen molar-refractivity contribution in [3.8, 4) is 11.1 Å². The van der Waals surface area contributed by atoms with Gasteiger partial charge in [0.25, 0.3) is 0 Å². The van der Waals surface area contributed by atoms with Gasteiger partial charge in [-0.3, -0.25) is 0 Å². The molecule has 0 fully saturated rings. The molecule has 0 aliphatic carbocycles. The van der Waals surface area contributed by atoms with Crippen LogP contribution in [0.3, 0.4) is 0 Å². The molecule has 0 spiro atoms. The third kappa shape index (κ3) is 3.69. The number of benzene rings is 6. The third-order valence-corrected chi connectivity index (χ3v) is 12.3. The fraction of sp³-hybridized carbons (Fsp3) is 0. The molecule has 0 amide bonds. The van der Waals surface area contributed by atoms with Gasteiger partial charge < -0.3 is 0 Å². The first-order chi connectivity index (χ1) is 18.7. The summed E-state index contributed by atoms with van der Waals surface area (Å²) < 4.78 is 0. The molecule has 0 aliphatic heterocycles. The molecule has 0 saturated carbocycles. The lowest BCUT2D eigenvalue weighted by Crippen LogP contribution is -2.24. The van der Waals surface area contributed by atoms with Crippen LogP contribution >= 0.6 is 6.04 Å². The van der Waals surface area contributed by atoms with Gasteiger partial charge in [-0.25, -0.2) is 4.98 Å². The highest BCUT2D eigenvalue weighted by atomic mass is 32.4. The molecule has 1 nitrogen and oxygen atoms in total. The van der Waals surface area contributed by atoms with Crippen LogP contribution in [-0.4, -0.2) is 4.98 Å². The van der Waals surface area contributed by atoms with E-state index in [-0.39, 0.29) is 0 Å². The van der Waals surface area contributed by atoms with E-state index in [1.54, 1.807) is 0 Å². The number of fused-ring (bicyclic) bond motifs is 4. The molecule has 0 unspecified atom stereocenters. The predicted octanol–water partition coefficient (Wildman–Crippen LogP) is 7.96. The first-order valence-electron chi connectivity index (χ1n) is 12.8. The van der Waals surface area contributed by atoms with Crippen LogP contribution in [0, 0.1) is 0 Å². The summed E-state index contributed by atoms with van der Waals surface area (Å²) in [5, 5.41) is 8.41. The lowest BCUT2D eigenvalue weighted by Gasteiger charge is -2.24. The summed E-state index contributed by atoms with van der Waals surface area (Å²) in [4.78, 5) is 5.04. The first kappa shape index (κ1) is 23.0. The number of aromatic nitrogens is 1. The fourth-order valence-corrected chi connectivity index (χ4v) is 9.27. The van der Waals surface area contributed by atoms with Crippen molar-refractivity contribution in [3.63, 3.8) is 0 Å². The average molecular weight is 522 g/mol. The second-order valence-electron chi connectivity index (χ2n) is 9.51. The van der Waals surface area contributed by atoms with Crippen LogP contribution in [0.25, 0.3) is 43.7 Å². The lowest BCUT2D eigenvalue weighted by atomic mass is 9.93. The highest BCUT2D eigenvalue weighted by molar-refractivity contribution is 8.25. The van der Waals surface area contributed by atoms with E-state index in [0.29, 0.717) is 0 Å². The van der Waals surface area contributed by atoms with E-state index in [1.165, 1.54) is 43.2 Å². The fourth-order valence-electron chi connectivity index (χ4n) is 5.52. The van der Waals surface area contributed by atoms with Crippen molar-refractivity contribution in [1.29, 1.82) is 0 Å². The highest BCUT2D eigenvalue weighted by Crippen LogP contribution is 2.44. The van der Waals surface area contributed by atoms with Crippen molar-refractivity contribution in [3.05, 3.63) is 146 Å². The Labute approximate surface area is 227 Å². The van der Waals surface area contributed by atoms with Crippen LogP contribution in [0.5, 0.6) is 0 Å². The van der Waals surface area contributed by atoms with E-state index in [0.717, 1.165) is 16.4 Å². The Morgan fingerprint density at radius 3 is 1.68 bits per heavy atom. The molecule has 38 heavy (non-hydrogen) atoms. The van der Waals surface area contributed by atoms with Crippen molar-refractivity contribution in [2.45, 2.75) is 0 Å². The topological polar surface area (TPSA) is 12.9 Å². The van der Waals surface area contributed by atoms with Gasteiger partial charge in [0, 0.05) is 22.4 Å². The van der Waals surface area contributed by atoms with Gasteiger partial charge in [-0.2, -0.15) is 0 Å². The maximum absolute atomic E-state index is 6.58. The Hall–Kier alpha value is -4.10. The maximum Gasteiger partial charge on any atom is 0.0722 e. The molecule has 0 atom stereocenters. The average Bonchev–Trinajstić information content (AvgIpc) is 3.00. The normalized spacial score (nSPS) is 11.8. The van der Waals surface area contributed by atoms with Crippen molar-refractivity contribution in [2.75, 3.05) is 0 Å². The first-order valence-corrected chi connectivity index (χ1v) is 15.6. The molecule has 6 aromatic carbocycles. The highest BCUT2D eigenvalue weighted by Gasteiger charge is 2.25. The van der Waals surface area contributed by atoms with Gasteiger partial charge in [-0.05, 0) is 44.4 Å². The molecule has 1 aromatic heterocycles. The lowest BCUT2D eigenvalue weighted by molar-refractivity contribution is 1.50. The number of rotatable bonds is 4. The Morgan fingerprint density at radius 2 is 1.00 bits per heavy atom. The molecule has 0 radical (unpaired) electrons. The standard InChI is InChI=1S/C35H24NPS/c38-37(27-12-3-1-4-13-27,28-14-5-2-6-15-28)29-22-19-26(20-23-29)34-31-17-9-10-18-32(31)36-33-24-21-25-11-7-8-16-30(25)35(33)34/h1-24H. The molecule has 0 aliphatic rings. The second kappa shape index (κ2) is 9.33. The Morgan fingerprint density at radius 1 is 0.447 bits per heavy atom. The van der Waals surface area contributed by atoms with Crippen LogP contribution in [-0.2, 0) is 11.8 Å². The zero-order valence-corrected chi connectivity index (χ0v) is 22.4. The summed E-state index contributed by atoms with van der Waals surface area (Å²) in [6.45, 7) is 0. The Bertz CT molecular complexity index is 1940. The number of hydrogen-bond acceptors (Lipinski definition) is 2. The van der Waals surface area contributed by atoms with Crippen molar-refractivity contribution < 1.29 is 0 Å². The van der Waals surface area contributed by atoms with Gasteiger partial charge in [-0.15, -0.1) is 0 Å². The molecule has 180 valence electrons. The minimum Gasteiger partial charge on any atom is -0.248 e. The Balaban J connectivity index is 1.49. The monoisotopic (exact) mass is 521 g/mol. The summed E-state index contributed by atoms with van der Waals surface area (Å²) in [6.07, 6.45) is 0.